The first-order valence-corrected chi connectivity index (χ1v) is 9.07. The highest BCUT2D eigenvalue weighted by Gasteiger charge is 2.28. The van der Waals surface area contributed by atoms with Crippen LogP contribution in [0, 0.1) is 5.82 Å². The van der Waals surface area contributed by atoms with E-state index in [1.165, 1.54) is 38.1 Å². The molecule has 1 aliphatic rings. The highest BCUT2D eigenvalue weighted by molar-refractivity contribution is 8.13. The van der Waals surface area contributed by atoms with Crippen LogP contribution in [0.2, 0.25) is 0 Å². The Balaban J connectivity index is 1.76. The number of rotatable bonds is 5. The normalized spacial score (nSPS) is 13.5. The van der Waals surface area contributed by atoms with Crippen LogP contribution in [-0.2, 0) is 5.75 Å². The lowest BCUT2D eigenvalue weighted by Crippen LogP contribution is -2.33. The quantitative estimate of drug-likeness (QED) is 0.803. The van der Waals surface area contributed by atoms with Gasteiger partial charge in [0.2, 0.25) is 0 Å². The van der Waals surface area contributed by atoms with Crippen LogP contribution in [-0.4, -0.2) is 43.3 Å². The number of carbonyl (C=O) groups is 1. The molecule has 0 saturated heterocycles. The second kappa shape index (κ2) is 8.23. The molecule has 1 aliphatic heterocycles. The van der Waals surface area contributed by atoms with Crippen LogP contribution in [0.5, 0.6) is 11.5 Å². The molecule has 0 aliphatic carbocycles. The van der Waals surface area contributed by atoms with Gasteiger partial charge in [0.05, 0.1) is 26.3 Å². The van der Waals surface area contributed by atoms with E-state index in [0.29, 0.717) is 41.1 Å². The maximum Gasteiger partial charge on any atom is 0.263 e. The average molecular weight is 374 g/mol. The Kier molecular flexibility index (Phi) is 5.78. The van der Waals surface area contributed by atoms with Crippen molar-refractivity contribution in [1.29, 1.82) is 0 Å². The number of carbonyl (C=O) groups excluding carboxylic acids is 1. The number of amides is 1. The first-order chi connectivity index (χ1) is 12.6. The molecule has 0 N–H and O–H groups in total. The summed E-state index contributed by atoms with van der Waals surface area (Å²) in [6.07, 6.45) is 0. The standard InChI is InChI=1S/C19H19FN2O3S/c1-24-16-8-4-7-15(17(16)25-2)18(23)22-10-9-21-19(22)26-12-13-5-3-6-14(20)11-13/h3-8,11H,9-10,12H2,1-2H3. The molecule has 0 saturated carbocycles. The minimum absolute atomic E-state index is 0.191. The molecule has 0 bridgehead atoms. The lowest BCUT2D eigenvalue weighted by molar-refractivity contribution is 0.0856. The van der Waals surface area contributed by atoms with Crippen LogP contribution < -0.4 is 9.47 Å². The van der Waals surface area contributed by atoms with Crippen molar-refractivity contribution in [3.8, 4) is 11.5 Å². The summed E-state index contributed by atoms with van der Waals surface area (Å²) in [6, 6.07) is 11.6. The van der Waals surface area contributed by atoms with Crippen molar-refractivity contribution in [2.24, 2.45) is 4.99 Å². The van der Waals surface area contributed by atoms with Gasteiger partial charge in [-0.2, -0.15) is 0 Å². The Morgan fingerprint density at radius 2 is 2.04 bits per heavy atom. The molecule has 7 heteroatoms. The first-order valence-electron chi connectivity index (χ1n) is 8.08. The minimum Gasteiger partial charge on any atom is -0.493 e. The van der Waals surface area contributed by atoms with Gasteiger partial charge < -0.3 is 9.47 Å². The van der Waals surface area contributed by atoms with Gasteiger partial charge in [0.25, 0.3) is 5.91 Å². The van der Waals surface area contributed by atoms with E-state index in [9.17, 15) is 9.18 Å². The highest BCUT2D eigenvalue weighted by atomic mass is 32.2. The van der Waals surface area contributed by atoms with Gasteiger partial charge in [0.15, 0.2) is 16.7 Å². The summed E-state index contributed by atoms with van der Waals surface area (Å²) in [7, 11) is 3.04. The van der Waals surface area contributed by atoms with E-state index in [4.69, 9.17) is 9.47 Å². The molecule has 0 fully saturated rings. The van der Waals surface area contributed by atoms with E-state index in [2.05, 4.69) is 4.99 Å². The second-order valence-corrected chi connectivity index (χ2v) is 6.52. The van der Waals surface area contributed by atoms with Crippen LogP contribution >= 0.6 is 11.8 Å². The highest BCUT2D eigenvalue weighted by Crippen LogP contribution is 2.32. The van der Waals surface area contributed by atoms with E-state index < -0.39 is 0 Å². The maximum absolute atomic E-state index is 13.3. The fraction of sp³-hybridized carbons (Fsp3) is 0.263. The van der Waals surface area contributed by atoms with Crippen LogP contribution in [0.4, 0.5) is 4.39 Å². The molecule has 2 aromatic rings. The maximum atomic E-state index is 13.3. The van der Waals surface area contributed by atoms with Gasteiger partial charge >= 0.3 is 0 Å². The predicted octanol–water partition coefficient (Wildman–Crippen LogP) is 3.59. The number of hydrogen-bond donors (Lipinski definition) is 0. The third-order valence-electron chi connectivity index (χ3n) is 3.94. The molecule has 0 aromatic heterocycles. The van der Waals surface area contributed by atoms with Gasteiger partial charge in [-0.25, -0.2) is 4.39 Å². The molecular weight excluding hydrogens is 355 g/mol. The Morgan fingerprint density at radius 1 is 1.23 bits per heavy atom. The zero-order valence-electron chi connectivity index (χ0n) is 14.6. The van der Waals surface area contributed by atoms with Crippen LogP contribution in [0.15, 0.2) is 47.5 Å². The number of halogens is 1. The topological polar surface area (TPSA) is 51.1 Å². The molecule has 0 radical (unpaired) electrons. The van der Waals surface area contributed by atoms with E-state index >= 15 is 0 Å². The molecule has 1 amide bonds. The van der Waals surface area contributed by atoms with Gasteiger partial charge in [-0.05, 0) is 29.8 Å². The Morgan fingerprint density at radius 3 is 2.77 bits per heavy atom. The van der Waals surface area contributed by atoms with Crippen LogP contribution in [0.3, 0.4) is 0 Å². The Hall–Kier alpha value is -2.54. The van der Waals surface area contributed by atoms with Crippen molar-refractivity contribution in [2.75, 3.05) is 27.3 Å². The van der Waals surface area contributed by atoms with Crippen LogP contribution in [0.1, 0.15) is 15.9 Å². The molecule has 3 rings (SSSR count). The van der Waals surface area contributed by atoms with Crippen molar-refractivity contribution in [2.45, 2.75) is 5.75 Å². The number of hydrogen-bond acceptors (Lipinski definition) is 5. The third-order valence-corrected chi connectivity index (χ3v) is 5.02. The molecule has 136 valence electrons. The number of nitrogens with zero attached hydrogens (tertiary/aromatic N) is 2. The summed E-state index contributed by atoms with van der Waals surface area (Å²) in [5, 5.41) is 0.629. The summed E-state index contributed by atoms with van der Waals surface area (Å²) >= 11 is 1.42. The summed E-state index contributed by atoms with van der Waals surface area (Å²) in [5.74, 6) is 0.981. The molecular formula is C19H19FN2O3S. The van der Waals surface area contributed by atoms with Crippen molar-refractivity contribution in [3.63, 3.8) is 0 Å². The van der Waals surface area contributed by atoms with Gasteiger partial charge in [-0.3, -0.25) is 14.7 Å². The number of benzene rings is 2. The first kappa shape index (κ1) is 18.3. The van der Waals surface area contributed by atoms with E-state index in [1.807, 2.05) is 6.07 Å². The zero-order chi connectivity index (χ0) is 18.5. The minimum atomic E-state index is -0.273. The molecule has 0 atom stereocenters. The van der Waals surface area contributed by atoms with Gasteiger partial charge in [-0.15, -0.1) is 0 Å². The van der Waals surface area contributed by atoms with Gasteiger partial charge in [0, 0.05) is 12.3 Å². The molecule has 2 aromatic carbocycles. The van der Waals surface area contributed by atoms with Crippen LogP contribution in [0.25, 0.3) is 0 Å². The van der Waals surface area contributed by atoms with Crippen molar-refractivity contribution >= 4 is 22.8 Å². The fourth-order valence-electron chi connectivity index (χ4n) is 2.71. The SMILES string of the molecule is COc1cccc(C(=O)N2CCN=C2SCc2cccc(F)c2)c1OC. The second-order valence-electron chi connectivity index (χ2n) is 5.58. The van der Waals surface area contributed by atoms with E-state index in [0.717, 1.165) is 5.56 Å². The number of aliphatic imine (C=N–C) groups is 1. The molecule has 1 heterocycles. The summed E-state index contributed by atoms with van der Waals surface area (Å²) < 4.78 is 24.0. The average Bonchev–Trinajstić information content (AvgIpc) is 3.13. The largest absolute Gasteiger partial charge is 0.493 e. The fourth-order valence-corrected chi connectivity index (χ4v) is 3.70. The smallest absolute Gasteiger partial charge is 0.263 e. The number of methoxy groups -OCH3 is 2. The molecule has 5 nitrogen and oxygen atoms in total. The van der Waals surface area contributed by atoms with Gasteiger partial charge in [-0.1, -0.05) is 30.0 Å². The summed E-state index contributed by atoms with van der Waals surface area (Å²) in [5.41, 5.74) is 1.27. The number of thioether (sulfide) groups is 1. The summed E-state index contributed by atoms with van der Waals surface area (Å²) in [6.45, 7) is 1.05. The van der Waals surface area contributed by atoms with Gasteiger partial charge in [0.1, 0.15) is 5.82 Å². The molecule has 26 heavy (non-hydrogen) atoms. The van der Waals surface area contributed by atoms with Crippen molar-refractivity contribution in [3.05, 3.63) is 59.4 Å². The lowest BCUT2D eigenvalue weighted by atomic mass is 10.1. The summed E-state index contributed by atoms with van der Waals surface area (Å²) in [4.78, 5) is 19.1. The van der Waals surface area contributed by atoms with E-state index in [-0.39, 0.29) is 11.7 Å². The Bertz CT molecular complexity index is 841. The number of ether oxygens (including phenoxy) is 2. The lowest BCUT2D eigenvalue weighted by Gasteiger charge is -2.20. The molecule has 0 spiro atoms. The third kappa shape index (κ3) is 3.83. The van der Waals surface area contributed by atoms with E-state index in [1.54, 1.807) is 29.2 Å². The molecule has 0 unspecified atom stereocenters. The monoisotopic (exact) mass is 374 g/mol. The number of amidine groups is 1. The zero-order valence-corrected chi connectivity index (χ0v) is 15.4. The van der Waals surface area contributed by atoms with Crippen molar-refractivity contribution in [1.82, 2.24) is 4.90 Å². The van der Waals surface area contributed by atoms with Crippen molar-refractivity contribution < 1.29 is 18.7 Å². The predicted molar refractivity (Wildman–Crippen MR) is 101 cm³/mol. The number of para-hydroxylation sites is 1. The Labute approximate surface area is 155 Å².